The predicted molar refractivity (Wildman–Crippen MR) is 109 cm³/mol. The smallest absolute Gasteiger partial charge is 0.277 e. The first-order valence-corrected chi connectivity index (χ1v) is 8.98. The van der Waals surface area contributed by atoms with Crippen molar-refractivity contribution in [3.8, 4) is 0 Å². The lowest BCUT2D eigenvalue weighted by Crippen LogP contribution is -2.36. The van der Waals surface area contributed by atoms with Gasteiger partial charge in [-0.1, -0.05) is 32.9 Å². The number of fused-ring (bicyclic) bond motifs is 1. The lowest BCUT2D eigenvalue weighted by Gasteiger charge is -2.34. The van der Waals surface area contributed by atoms with Crippen molar-refractivity contribution < 1.29 is 9.59 Å². The lowest BCUT2D eigenvalue weighted by atomic mass is 9.74. The summed E-state index contributed by atoms with van der Waals surface area (Å²) in [4.78, 5) is 30.8. The average molecular weight is 363 g/mol. The van der Waals surface area contributed by atoms with Gasteiger partial charge in [-0.2, -0.15) is 0 Å². The number of carbonyl (C=O) groups is 2. The van der Waals surface area contributed by atoms with Crippen LogP contribution < -0.4 is 10.2 Å². The van der Waals surface area contributed by atoms with Gasteiger partial charge in [0, 0.05) is 43.0 Å². The Morgan fingerprint density at radius 2 is 1.93 bits per heavy atom. The summed E-state index contributed by atoms with van der Waals surface area (Å²) in [6.45, 7) is 6.27. The first-order valence-electron chi connectivity index (χ1n) is 8.98. The molecule has 0 spiro atoms. The van der Waals surface area contributed by atoms with E-state index in [1.54, 1.807) is 18.2 Å². The topological polar surface area (TPSA) is 61.8 Å². The number of allylic oxidation sites excluding steroid dienone is 3. The maximum absolute atomic E-state index is 12.6. The van der Waals surface area contributed by atoms with Crippen molar-refractivity contribution in [2.24, 2.45) is 16.3 Å². The van der Waals surface area contributed by atoms with Gasteiger partial charge in [0.05, 0.1) is 5.71 Å². The Balaban J connectivity index is 1.89. The zero-order valence-electron chi connectivity index (χ0n) is 16.4. The third-order valence-corrected chi connectivity index (χ3v) is 4.69. The molecule has 1 aliphatic heterocycles. The van der Waals surface area contributed by atoms with Crippen molar-refractivity contribution in [2.75, 3.05) is 19.0 Å². The molecule has 1 aliphatic carbocycles. The van der Waals surface area contributed by atoms with Crippen LogP contribution in [0.1, 0.15) is 31.1 Å². The number of nitrogens with zero attached hydrogens (tertiary/aromatic N) is 2. The Bertz CT molecular complexity index is 912. The van der Waals surface area contributed by atoms with Gasteiger partial charge in [0.2, 0.25) is 5.91 Å². The van der Waals surface area contributed by atoms with E-state index >= 15 is 0 Å². The molecule has 2 amide bonds. The molecule has 0 fully saturated rings. The van der Waals surface area contributed by atoms with Crippen LogP contribution in [0.4, 0.5) is 5.69 Å². The van der Waals surface area contributed by atoms with E-state index in [4.69, 9.17) is 0 Å². The Labute approximate surface area is 160 Å². The molecule has 1 unspecified atom stereocenters. The van der Waals surface area contributed by atoms with E-state index in [1.165, 1.54) is 0 Å². The summed E-state index contributed by atoms with van der Waals surface area (Å²) in [5, 5.41) is 2.88. The van der Waals surface area contributed by atoms with E-state index in [2.05, 4.69) is 31.1 Å². The molecule has 0 radical (unpaired) electrons. The number of rotatable bonds is 2. The third kappa shape index (κ3) is 4.08. The molecule has 0 bridgehead atoms. The highest BCUT2D eigenvalue weighted by atomic mass is 16.2. The molecule has 0 saturated heterocycles. The average Bonchev–Trinajstić information content (AvgIpc) is 2.60. The molecule has 1 aromatic carbocycles. The quantitative estimate of drug-likeness (QED) is 0.875. The third-order valence-electron chi connectivity index (χ3n) is 4.69. The van der Waals surface area contributed by atoms with E-state index in [-0.39, 0.29) is 23.1 Å². The molecule has 5 nitrogen and oxygen atoms in total. The normalized spacial score (nSPS) is 20.6. The van der Waals surface area contributed by atoms with Gasteiger partial charge in [0.1, 0.15) is 0 Å². The maximum Gasteiger partial charge on any atom is 0.277 e. The summed E-state index contributed by atoms with van der Waals surface area (Å²) in [6.07, 6.45) is 7.30. The van der Waals surface area contributed by atoms with Crippen LogP contribution in [0, 0.1) is 11.3 Å². The van der Waals surface area contributed by atoms with Crippen molar-refractivity contribution in [2.45, 2.75) is 20.8 Å². The van der Waals surface area contributed by atoms with Crippen molar-refractivity contribution >= 4 is 23.2 Å². The summed E-state index contributed by atoms with van der Waals surface area (Å²) in [7, 11) is 3.85. The summed E-state index contributed by atoms with van der Waals surface area (Å²) < 4.78 is 0. The number of benzene rings is 1. The molecule has 2 aliphatic rings. The molecule has 1 heterocycles. The molecular formula is C22H25N3O2. The van der Waals surface area contributed by atoms with Crippen molar-refractivity contribution in [3.63, 3.8) is 0 Å². The maximum atomic E-state index is 12.6. The van der Waals surface area contributed by atoms with E-state index < -0.39 is 0 Å². The minimum atomic E-state index is -0.303. The van der Waals surface area contributed by atoms with Crippen LogP contribution in [0.15, 0.2) is 64.8 Å². The van der Waals surface area contributed by atoms with Gasteiger partial charge in [0.15, 0.2) is 0 Å². The SMILES string of the molecule is CN(C)c1cccc(C(=O)N=C2C=CC3C(=C2)NC(=O)C=C3C(C)(C)C)c1. The van der Waals surface area contributed by atoms with Crippen LogP contribution in [-0.4, -0.2) is 31.6 Å². The van der Waals surface area contributed by atoms with Crippen molar-refractivity contribution in [1.29, 1.82) is 0 Å². The molecule has 3 rings (SSSR count). The van der Waals surface area contributed by atoms with Gasteiger partial charge in [-0.15, -0.1) is 0 Å². The van der Waals surface area contributed by atoms with E-state index in [9.17, 15) is 9.59 Å². The molecule has 1 atom stereocenters. The van der Waals surface area contributed by atoms with Crippen molar-refractivity contribution in [3.05, 3.63) is 65.4 Å². The van der Waals surface area contributed by atoms with Gasteiger partial charge in [-0.05, 0) is 41.3 Å². The highest BCUT2D eigenvalue weighted by Gasteiger charge is 2.32. The van der Waals surface area contributed by atoms with Gasteiger partial charge in [-0.25, -0.2) is 4.99 Å². The molecule has 5 heteroatoms. The van der Waals surface area contributed by atoms with Gasteiger partial charge in [0.25, 0.3) is 5.91 Å². The fourth-order valence-corrected chi connectivity index (χ4v) is 3.24. The number of amides is 2. The van der Waals surface area contributed by atoms with Gasteiger partial charge in [-0.3, -0.25) is 9.59 Å². The Kier molecular flexibility index (Phi) is 4.87. The fourth-order valence-electron chi connectivity index (χ4n) is 3.24. The highest BCUT2D eigenvalue weighted by molar-refractivity contribution is 6.14. The number of hydrogen-bond acceptors (Lipinski definition) is 3. The van der Waals surface area contributed by atoms with E-state index in [1.807, 2.05) is 49.3 Å². The first-order chi connectivity index (χ1) is 12.6. The number of aliphatic imine (C=N–C) groups is 1. The number of hydrogen-bond donors (Lipinski definition) is 1. The van der Waals surface area contributed by atoms with E-state index in [0.717, 1.165) is 17.0 Å². The fraction of sp³-hybridized carbons (Fsp3) is 0.318. The standard InChI is InChI=1S/C22H25N3O2/c1-22(2,3)18-13-20(26)24-19-12-15(9-10-17(18)19)23-21(27)14-7-6-8-16(11-14)25(4)5/h6-13,17H,1-5H3,(H,24,26). The summed E-state index contributed by atoms with van der Waals surface area (Å²) in [6, 6.07) is 7.35. The van der Waals surface area contributed by atoms with Crippen LogP contribution in [0.25, 0.3) is 0 Å². The molecule has 1 N–H and O–H groups in total. The minimum Gasteiger partial charge on any atom is -0.378 e. The van der Waals surface area contributed by atoms with E-state index in [0.29, 0.717) is 11.3 Å². The summed E-state index contributed by atoms with van der Waals surface area (Å²) >= 11 is 0. The Morgan fingerprint density at radius 1 is 1.19 bits per heavy atom. The molecular weight excluding hydrogens is 338 g/mol. The molecule has 140 valence electrons. The van der Waals surface area contributed by atoms with Crippen LogP contribution in [0.3, 0.4) is 0 Å². The molecule has 0 aromatic heterocycles. The van der Waals surface area contributed by atoms with Crippen LogP contribution in [0.2, 0.25) is 0 Å². The zero-order chi connectivity index (χ0) is 19.8. The number of carbonyl (C=O) groups excluding carboxylic acids is 2. The van der Waals surface area contributed by atoms with Crippen LogP contribution in [-0.2, 0) is 4.79 Å². The molecule has 0 saturated carbocycles. The Hall–Kier alpha value is -2.95. The zero-order valence-corrected chi connectivity index (χ0v) is 16.4. The van der Waals surface area contributed by atoms with Gasteiger partial charge < -0.3 is 10.2 Å². The first kappa shape index (κ1) is 18.8. The second kappa shape index (κ2) is 6.99. The lowest BCUT2D eigenvalue weighted by molar-refractivity contribution is -0.116. The minimum absolute atomic E-state index is 0.00817. The summed E-state index contributed by atoms with van der Waals surface area (Å²) in [5.41, 5.74) is 3.71. The van der Waals surface area contributed by atoms with Crippen LogP contribution in [0.5, 0.6) is 0 Å². The second-order valence-electron chi connectivity index (χ2n) is 8.06. The highest BCUT2D eigenvalue weighted by Crippen LogP contribution is 2.38. The molecule has 1 aromatic rings. The molecule has 27 heavy (non-hydrogen) atoms. The second-order valence-corrected chi connectivity index (χ2v) is 8.06. The van der Waals surface area contributed by atoms with Crippen LogP contribution >= 0.6 is 0 Å². The number of nitrogens with one attached hydrogen (secondary N) is 1. The number of anilines is 1. The Morgan fingerprint density at radius 3 is 2.59 bits per heavy atom. The van der Waals surface area contributed by atoms with Gasteiger partial charge >= 0.3 is 0 Å². The predicted octanol–water partition coefficient (Wildman–Crippen LogP) is 3.51. The monoisotopic (exact) mass is 363 g/mol. The largest absolute Gasteiger partial charge is 0.378 e. The van der Waals surface area contributed by atoms with Crippen molar-refractivity contribution in [1.82, 2.24) is 5.32 Å². The summed E-state index contributed by atoms with van der Waals surface area (Å²) in [5.74, 6) is -0.432.